The number of hydrogen-bond donors (Lipinski definition) is 1. The third-order valence-corrected chi connectivity index (χ3v) is 8.79. The lowest BCUT2D eigenvalue weighted by Gasteiger charge is -2.41. The largest absolute Gasteiger partial charge is 0.482 e. The fourth-order valence-corrected chi connectivity index (χ4v) is 6.61. The highest BCUT2D eigenvalue weighted by atomic mass is 19.4. The van der Waals surface area contributed by atoms with Gasteiger partial charge < -0.3 is 29.3 Å². The van der Waals surface area contributed by atoms with E-state index in [0.29, 0.717) is 49.6 Å². The van der Waals surface area contributed by atoms with Gasteiger partial charge in [0.1, 0.15) is 11.4 Å². The molecule has 2 aromatic carbocycles. The second-order valence-corrected chi connectivity index (χ2v) is 13.4. The highest BCUT2D eigenvalue weighted by molar-refractivity contribution is 5.98. The average Bonchev–Trinajstić information content (AvgIpc) is 3.37. The third kappa shape index (κ3) is 7.25. The van der Waals surface area contributed by atoms with E-state index in [4.69, 9.17) is 14.6 Å². The van der Waals surface area contributed by atoms with Gasteiger partial charge in [-0.3, -0.25) is 9.48 Å². The van der Waals surface area contributed by atoms with Crippen molar-refractivity contribution in [3.63, 3.8) is 0 Å². The molecule has 10 nitrogen and oxygen atoms in total. The molecule has 3 aromatic rings. The van der Waals surface area contributed by atoms with Crippen molar-refractivity contribution in [3.05, 3.63) is 65.4 Å². The summed E-state index contributed by atoms with van der Waals surface area (Å²) in [7, 11) is 0. The molecule has 3 aliphatic heterocycles. The predicted octanol–water partition coefficient (Wildman–Crippen LogP) is 5.11. The van der Waals surface area contributed by atoms with E-state index < -0.39 is 29.5 Å². The lowest BCUT2D eigenvalue weighted by Crippen LogP contribution is -2.51. The molecule has 6 rings (SSSR count). The summed E-state index contributed by atoms with van der Waals surface area (Å²) in [5.74, 6) is 0.650. The number of halogens is 3. The van der Waals surface area contributed by atoms with Gasteiger partial charge in [0, 0.05) is 55.5 Å². The molecule has 13 heteroatoms. The molecule has 3 aliphatic rings. The van der Waals surface area contributed by atoms with Gasteiger partial charge in [-0.1, -0.05) is 24.3 Å². The van der Waals surface area contributed by atoms with E-state index in [2.05, 4.69) is 4.90 Å². The minimum absolute atomic E-state index is 0.0220. The van der Waals surface area contributed by atoms with Gasteiger partial charge in [-0.25, -0.2) is 4.79 Å². The van der Waals surface area contributed by atoms with Gasteiger partial charge in [-0.2, -0.15) is 18.3 Å². The first-order valence-electron chi connectivity index (χ1n) is 16.0. The van der Waals surface area contributed by atoms with Crippen LogP contribution in [0.5, 0.6) is 5.75 Å². The maximum atomic E-state index is 13.3. The second kappa shape index (κ2) is 12.8. The fraction of sp³-hybridized carbons (Fsp3) is 0.500. The highest BCUT2D eigenvalue weighted by Gasteiger charge is 2.35. The van der Waals surface area contributed by atoms with Crippen LogP contribution in [0.2, 0.25) is 0 Å². The Morgan fingerprint density at radius 3 is 2.43 bits per heavy atom. The zero-order valence-electron chi connectivity index (χ0n) is 26.8. The molecule has 47 heavy (non-hydrogen) atoms. The van der Waals surface area contributed by atoms with Crippen molar-refractivity contribution in [2.45, 2.75) is 77.0 Å². The molecule has 4 heterocycles. The number of likely N-dealkylation sites (tertiary alicyclic amines) is 1. The topological polar surface area (TPSA) is 100 Å². The van der Waals surface area contributed by atoms with Crippen molar-refractivity contribution in [2.75, 3.05) is 37.7 Å². The number of rotatable bonds is 6. The van der Waals surface area contributed by atoms with Crippen molar-refractivity contribution in [1.82, 2.24) is 19.6 Å². The molecule has 0 bridgehead atoms. The number of aliphatic hydroxyl groups is 1. The average molecular weight is 656 g/mol. The Morgan fingerprint density at radius 1 is 1.04 bits per heavy atom. The van der Waals surface area contributed by atoms with Crippen molar-refractivity contribution >= 4 is 17.7 Å². The van der Waals surface area contributed by atoms with Crippen LogP contribution in [-0.2, 0) is 35.2 Å². The number of alkyl halides is 3. The number of carbonyl (C=O) groups is 2. The Bertz CT molecular complexity index is 1610. The number of para-hydroxylation sites is 2. The Kier molecular flexibility index (Phi) is 8.96. The first-order valence-corrected chi connectivity index (χ1v) is 16.0. The number of benzene rings is 2. The Hall–Kier alpha value is -4.10. The van der Waals surface area contributed by atoms with Crippen molar-refractivity contribution < 1.29 is 37.3 Å². The molecule has 0 saturated carbocycles. The summed E-state index contributed by atoms with van der Waals surface area (Å²) in [6, 6.07) is 12.4. The number of amides is 2. The van der Waals surface area contributed by atoms with E-state index in [1.54, 1.807) is 30.4 Å². The van der Waals surface area contributed by atoms with E-state index >= 15 is 0 Å². The fourth-order valence-electron chi connectivity index (χ4n) is 6.61. The highest BCUT2D eigenvalue weighted by Crippen LogP contribution is 2.36. The summed E-state index contributed by atoms with van der Waals surface area (Å²) in [5.41, 5.74) is 1.89. The minimum Gasteiger partial charge on any atom is -0.482 e. The second-order valence-electron chi connectivity index (χ2n) is 13.4. The van der Waals surface area contributed by atoms with Crippen molar-refractivity contribution in [3.8, 4) is 17.0 Å². The summed E-state index contributed by atoms with van der Waals surface area (Å²) >= 11 is 0. The van der Waals surface area contributed by atoms with Crippen LogP contribution >= 0.6 is 0 Å². The van der Waals surface area contributed by atoms with Crippen LogP contribution < -0.4 is 9.64 Å². The molecular weight excluding hydrogens is 615 g/mol. The van der Waals surface area contributed by atoms with Gasteiger partial charge in [0.25, 0.3) is 5.91 Å². The number of anilines is 1. The molecule has 0 radical (unpaired) electrons. The summed E-state index contributed by atoms with van der Waals surface area (Å²) in [4.78, 5) is 31.3. The number of piperidine rings is 1. The molecular formula is C34H40F3N5O5. The van der Waals surface area contributed by atoms with E-state index in [-0.39, 0.29) is 31.6 Å². The standard InChI is InChI=1S/C34H40F3N5O5/c1-33(2,3)47-32(45)40-17-14-27-26(20-40)31(22-8-10-23(11-9-22)34(35,36)37)38-41(27)19-25(43)18-39-15-12-24(13-16-39)42-28-6-4-5-7-29(28)46-21-30(42)44/h4-11,24-25,43H,12-21H2,1-3H3. The van der Waals surface area contributed by atoms with E-state index in [1.165, 1.54) is 12.1 Å². The molecule has 2 amide bonds. The SMILES string of the molecule is CC(C)(C)OC(=O)N1CCc2c(c(-c3ccc(C(F)(F)F)cc3)nn2CC(O)CN2CCC(N3C(=O)COc4ccccc43)CC2)C1. The molecule has 1 saturated heterocycles. The summed E-state index contributed by atoms with van der Waals surface area (Å²) in [6.45, 7) is 7.94. The maximum Gasteiger partial charge on any atom is 0.416 e. The number of ether oxygens (including phenoxy) is 2. The lowest BCUT2D eigenvalue weighted by atomic mass is 10.00. The molecule has 1 aromatic heterocycles. The van der Waals surface area contributed by atoms with Crippen molar-refractivity contribution in [1.29, 1.82) is 0 Å². The number of carbonyl (C=O) groups excluding carboxylic acids is 2. The summed E-state index contributed by atoms with van der Waals surface area (Å²) in [5, 5.41) is 16.0. The predicted molar refractivity (Wildman–Crippen MR) is 168 cm³/mol. The first-order chi connectivity index (χ1) is 22.3. The molecule has 0 aliphatic carbocycles. The molecule has 1 fully saturated rings. The maximum absolute atomic E-state index is 13.3. The number of aliphatic hydroxyl groups excluding tert-OH is 1. The van der Waals surface area contributed by atoms with Crippen molar-refractivity contribution in [2.24, 2.45) is 0 Å². The minimum atomic E-state index is -4.47. The number of hydrogen-bond acceptors (Lipinski definition) is 7. The van der Waals surface area contributed by atoms with Gasteiger partial charge in [-0.15, -0.1) is 0 Å². The Morgan fingerprint density at radius 2 is 1.74 bits per heavy atom. The number of β-amino-alcohol motifs (C(OH)–C–C–N with tert-alkyl or cyclic N) is 1. The van der Waals surface area contributed by atoms with Crippen LogP contribution in [0.4, 0.5) is 23.7 Å². The van der Waals surface area contributed by atoms with Gasteiger partial charge in [0.05, 0.1) is 36.1 Å². The van der Waals surface area contributed by atoms with Gasteiger partial charge in [-0.05, 0) is 57.9 Å². The zero-order chi connectivity index (χ0) is 33.5. The molecule has 1 atom stereocenters. The van der Waals surface area contributed by atoms with Gasteiger partial charge in [0.2, 0.25) is 0 Å². The smallest absolute Gasteiger partial charge is 0.416 e. The number of nitrogens with zero attached hydrogens (tertiary/aromatic N) is 5. The zero-order valence-corrected chi connectivity index (χ0v) is 26.8. The number of fused-ring (bicyclic) bond motifs is 2. The quantitative estimate of drug-likeness (QED) is 0.394. The lowest BCUT2D eigenvalue weighted by molar-refractivity contribution is -0.137. The summed E-state index contributed by atoms with van der Waals surface area (Å²) < 4.78 is 52.7. The first kappa shape index (κ1) is 32.8. The van der Waals surface area contributed by atoms with E-state index in [1.807, 2.05) is 29.2 Å². The Labute approximate surface area is 271 Å². The third-order valence-electron chi connectivity index (χ3n) is 8.79. The van der Waals surface area contributed by atoms with Crippen LogP contribution in [-0.4, -0.2) is 87.2 Å². The summed E-state index contributed by atoms with van der Waals surface area (Å²) in [6.07, 6.45) is -3.75. The normalized spacial score (nSPS) is 18.4. The Balaban J connectivity index is 1.15. The molecule has 252 valence electrons. The van der Waals surface area contributed by atoms with Gasteiger partial charge in [0.15, 0.2) is 6.61 Å². The van der Waals surface area contributed by atoms with Gasteiger partial charge >= 0.3 is 12.3 Å². The van der Waals surface area contributed by atoms with Crippen LogP contribution in [0.15, 0.2) is 48.5 Å². The number of aromatic nitrogens is 2. The van der Waals surface area contributed by atoms with Crippen LogP contribution in [0.1, 0.15) is 50.4 Å². The van der Waals surface area contributed by atoms with Crippen LogP contribution in [0.25, 0.3) is 11.3 Å². The van der Waals surface area contributed by atoms with Crippen LogP contribution in [0, 0.1) is 0 Å². The van der Waals surface area contributed by atoms with E-state index in [9.17, 15) is 27.9 Å². The molecule has 1 unspecified atom stereocenters. The molecule has 1 N–H and O–H groups in total. The van der Waals surface area contributed by atoms with E-state index in [0.717, 1.165) is 41.9 Å². The van der Waals surface area contributed by atoms with Crippen LogP contribution in [0.3, 0.4) is 0 Å². The monoisotopic (exact) mass is 655 g/mol. The molecule has 0 spiro atoms.